The van der Waals surface area contributed by atoms with E-state index in [-0.39, 0.29) is 38.6 Å². The number of phosphoric acid groups is 1. The number of carbonyl (C=O) groups is 2. The minimum atomic E-state index is -4.37. The number of ether oxygens (including phenoxy) is 2. The normalized spacial score (nSPS) is 13.0. The van der Waals surface area contributed by atoms with Crippen molar-refractivity contribution in [2.45, 2.75) is 257 Å². The first-order valence-electron chi connectivity index (χ1n) is 24.6. The predicted molar refractivity (Wildman–Crippen MR) is 243 cm³/mol. The third kappa shape index (κ3) is 44.3. The molecule has 58 heavy (non-hydrogen) atoms. The molecule has 0 rings (SSSR count). The van der Waals surface area contributed by atoms with Crippen LogP contribution in [0.5, 0.6) is 0 Å². The van der Waals surface area contributed by atoms with Crippen LogP contribution in [-0.4, -0.2) is 49.3 Å². The summed E-state index contributed by atoms with van der Waals surface area (Å²) in [6.45, 7) is 5.30. The van der Waals surface area contributed by atoms with Gasteiger partial charge in [-0.2, -0.15) is 0 Å². The zero-order valence-corrected chi connectivity index (χ0v) is 38.8. The molecule has 0 aromatic heterocycles. The van der Waals surface area contributed by atoms with Gasteiger partial charge in [-0.05, 0) is 25.7 Å². The third-order valence-corrected chi connectivity index (χ3v) is 12.0. The fourth-order valence-electron chi connectivity index (χ4n) is 7.38. The van der Waals surface area contributed by atoms with E-state index in [0.717, 1.165) is 44.9 Å². The smallest absolute Gasteiger partial charge is 0.462 e. The van der Waals surface area contributed by atoms with Crippen molar-refractivity contribution in [2.24, 2.45) is 5.73 Å². The van der Waals surface area contributed by atoms with E-state index in [2.05, 4.69) is 13.5 Å². The minimum absolute atomic E-state index is 0.0560. The Morgan fingerprint density at radius 1 is 0.534 bits per heavy atom. The van der Waals surface area contributed by atoms with Crippen LogP contribution < -0.4 is 5.73 Å². The summed E-state index contributed by atoms with van der Waals surface area (Å²) < 4.78 is 32.9. The molecule has 0 fully saturated rings. The Morgan fingerprint density at radius 2 is 0.879 bits per heavy atom. The number of unbranched alkanes of at least 4 members (excludes halogenated alkanes) is 34. The number of nitrogens with two attached hydrogens (primary N) is 1. The molecule has 0 aromatic rings. The number of hydrogen-bond acceptors (Lipinski definition) is 8. The molecule has 0 amide bonds. The molecule has 0 aliphatic rings. The van der Waals surface area contributed by atoms with Gasteiger partial charge in [-0.1, -0.05) is 218 Å². The number of esters is 2. The third-order valence-electron chi connectivity index (χ3n) is 11.0. The Morgan fingerprint density at radius 3 is 1.24 bits per heavy atom. The molecule has 0 heterocycles. The largest absolute Gasteiger partial charge is 0.472 e. The number of hydrogen-bond donors (Lipinski definition) is 2. The van der Waals surface area contributed by atoms with Gasteiger partial charge in [0, 0.05) is 19.4 Å². The average molecular weight is 844 g/mol. The first-order valence-corrected chi connectivity index (χ1v) is 26.1. The van der Waals surface area contributed by atoms with Crippen LogP contribution in [0.2, 0.25) is 0 Å². The fourth-order valence-corrected chi connectivity index (χ4v) is 8.15. The van der Waals surface area contributed by atoms with E-state index in [1.165, 1.54) is 180 Å². The van der Waals surface area contributed by atoms with Crippen LogP contribution in [0.3, 0.4) is 0 Å². The van der Waals surface area contributed by atoms with Crippen molar-refractivity contribution >= 4 is 19.8 Å². The Bertz CT molecular complexity index is 951. The molecule has 0 aliphatic carbocycles. The van der Waals surface area contributed by atoms with Gasteiger partial charge < -0.3 is 20.1 Å². The summed E-state index contributed by atoms with van der Waals surface area (Å²) >= 11 is 0. The van der Waals surface area contributed by atoms with Gasteiger partial charge in [-0.15, -0.1) is 6.58 Å². The molecule has 344 valence electrons. The monoisotopic (exact) mass is 844 g/mol. The number of allylic oxidation sites excluding steroid dienone is 1. The number of carbonyl (C=O) groups excluding carboxylic acids is 2. The molecule has 10 heteroatoms. The van der Waals surface area contributed by atoms with Gasteiger partial charge in [-0.3, -0.25) is 18.6 Å². The second kappa shape index (κ2) is 45.3. The SMILES string of the molecule is C=CCCCCCCCCCCCCCCCC(=O)O[C@H](COC(=O)CCCCCCCCCCCCCCCCCCCCCCCC)COP(=O)(O)OCCN. The van der Waals surface area contributed by atoms with Crippen LogP contribution in [0.15, 0.2) is 12.7 Å². The first-order chi connectivity index (χ1) is 28.3. The topological polar surface area (TPSA) is 134 Å². The van der Waals surface area contributed by atoms with Crippen molar-refractivity contribution < 1.29 is 37.6 Å². The lowest BCUT2D eigenvalue weighted by molar-refractivity contribution is -0.161. The maximum Gasteiger partial charge on any atom is 0.472 e. The zero-order valence-electron chi connectivity index (χ0n) is 37.9. The van der Waals surface area contributed by atoms with Crippen molar-refractivity contribution in [3.63, 3.8) is 0 Å². The summed E-state index contributed by atoms with van der Waals surface area (Å²) in [6, 6.07) is 0. The molecular weight excluding hydrogens is 750 g/mol. The maximum atomic E-state index is 12.6. The van der Waals surface area contributed by atoms with Crippen LogP contribution in [-0.2, 0) is 32.7 Å². The highest BCUT2D eigenvalue weighted by molar-refractivity contribution is 7.47. The predicted octanol–water partition coefficient (Wildman–Crippen LogP) is 14.6. The van der Waals surface area contributed by atoms with Crippen LogP contribution in [0.1, 0.15) is 251 Å². The van der Waals surface area contributed by atoms with E-state index in [9.17, 15) is 19.0 Å². The summed E-state index contributed by atoms with van der Waals surface area (Å²) in [5.74, 6) is -0.815. The van der Waals surface area contributed by atoms with E-state index in [1.807, 2.05) is 6.08 Å². The summed E-state index contributed by atoms with van der Waals surface area (Å²) in [4.78, 5) is 35.0. The second-order valence-corrected chi connectivity index (χ2v) is 18.2. The molecule has 0 spiro atoms. The lowest BCUT2D eigenvalue weighted by Crippen LogP contribution is -2.29. The van der Waals surface area contributed by atoms with Crippen molar-refractivity contribution in [3.05, 3.63) is 12.7 Å². The Labute approximate surface area is 358 Å². The first kappa shape index (κ1) is 56.8. The van der Waals surface area contributed by atoms with Crippen LogP contribution in [0.4, 0.5) is 0 Å². The lowest BCUT2D eigenvalue weighted by Gasteiger charge is -2.19. The molecule has 3 N–H and O–H groups in total. The second-order valence-electron chi connectivity index (χ2n) is 16.8. The van der Waals surface area contributed by atoms with E-state index < -0.39 is 26.5 Å². The van der Waals surface area contributed by atoms with E-state index >= 15 is 0 Å². The number of rotatable bonds is 48. The van der Waals surface area contributed by atoms with E-state index in [4.69, 9.17) is 24.3 Å². The molecular formula is C48H94NO8P. The summed E-state index contributed by atoms with van der Waals surface area (Å²) in [5.41, 5.74) is 5.36. The van der Waals surface area contributed by atoms with E-state index in [1.54, 1.807) is 0 Å². The van der Waals surface area contributed by atoms with Crippen LogP contribution >= 0.6 is 7.82 Å². The fraction of sp³-hybridized carbons (Fsp3) is 0.917. The summed E-state index contributed by atoms with van der Waals surface area (Å²) in [5, 5.41) is 0. The summed E-state index contributed by atoms with van der Waals surface area (Å²) in [7, 11) is -4.37. The Balaban J connectivity index is 3.97. The molecule has 0 bridgehead atoms. The van der Waals surface area contributed by atoms with Crippen molar-refractivity contribution in [1.29, 1.82) is 0 Å². The zero-order chi connectivity index (χ0) is 42.5. The molecule has 0 aromatic carbocycles. The van der Waals surface area contributed by atoms with Crippen molar-refractivity contribution in [2.75, 3.05) is 26.4 Å². The average Bonchev–Trinajstić information content (AvgIpc) is 3.21. The van der Waals surface area contributed by atoms with Crippen molar-refractivity contribution in [1.82, 2.24) is 0 Å². The summed E-state index contributed by atoms with van der Waals surface area (Å²) in [6.07, 6.45) is 47.1. The van der Waals surface area contributed by atoms with Crippen LogP contribution in [0, 0.1) is 0 Å². The van der Waals surface area contributed by atoms with Gasteiger partial charge in [0.1, 0.15) is 6.61 Å². The van der Waals surface area contributed by atoms with Gasteiger partial charge in [-0.25, -0.2) is 4.57 Å². The van der Waals surface area contributed by atoms with Gasteiger partial charge in [0.2, 0.25) is 0 Å². The molecule has 2 atom stereocenters. The number of phosphoric ester groups is 1. The minimum Gasteiger partial charge on any atom is -0.462 e. The maximum absolute atomic E-state index is 12.6. The van der Waals surface area contributed by atoms with Crippen LogP contribution in [0.25, 0.3) is 0 Å². The van der Waals surface area contributed by atoms with Gasteiger partial charge in [0.15, 0.2) is 6.10 Å². The highest BCUT2D eigenvalue weighted by Crippen LogP contribution is 2.43. The van der Waals surface area contributed by atoms with Gasteiger partial charge in [0.25, 0.3) is 0 Å². The molecule has 9 nitrogen and oxygen atoms in total. The highest BCUT2D eigenvalue weighted by Gasteiger charge is 2.26. The molecule has 1 unspecified atom stereocenters. The van der Waals surface area contributed by atoms with Gasteiger partial charge in [0.05, 0.1) is 13.2 Å². The molecule has 0 saturated heterocycles. The Kier molecular flexibility index (Phi) is 44.3. The highest BCUT2D eigenvalue weighted by atomic mass is 31.2. The standard InChI is InChI=1S/C48H94NO8P/c1-3-5-7-9-11-13-15-17-19-20-21-22-23-24-25-27-28-30-32-34-36-38-40-47(50)54-44-46(45-56-58(52,53)55-43-42-49)57-48(51)41-39-37-35-33-31-29-26-18-16-14-12-10-8-6-4-2/h4,46H,2-3,5-45,49H2,1H3,(H,52,53)/t46-/m1/s1. The molecule has 0 radical (unpaired) electrons. The molecule has 0 aliphatic heterocycles. The Hall–Kier alpha value is -1.25. The molecule has 0 saturated carbocycles. The van der Waals surface area contributed by atoms with Crippen molar-refractivity contribution in [3.8, 4) is 0 Å². The van der Waals surface area contributed by atoms with Gasteiger partial charge >= 0.3 is 19.8 Å². The quantitative estimate of drug-likeness (QED) is 0.0266. The van der Waals surface area contributed by atoms with E-state index in [0.29, 0.717) is 6.42 Å². The lowest BCUT2D eigenvalue weighted by atomic mass is 10.0.